The lowest BCUT2D eigenvalue weighted by atomic mass is 10.1. The molecule has 3 aromatic rings. The molecule has 0 fully saturated rings. The van der Waals surface area contributed by atoms with Gasteiger partial charge < -0.3 is 14.8 Å². The average molecular weight is 339 g/mol. The van der Waals surface area contributed by atoms with Gasteiger partial charge in [-0.3, -0.25) is 4.79 Å². The molecule has 1 N–H and O–H groups in total. The molecule has 0 spiro atoms. The molecule has 0 aliphatic rings. The molecule has 0 unspecified atom stereocenters. The first-order valence-corrected chi connectivity index (χ1v) is 7.65. The maximum atomic E-state index is 12.4. The molecule has 8 heteroatoms. The molecular weight excluding hydrogens is 322 g/mol. The van der Waals surface area contributed by atoms with Crippen LogP contribution in [0.4, 0.5) is 0 Å². The number of nitrogens with one attached hydrogen (secondary N) is 1. The molecule has 1 amide bonds. The quantitative estimate of drug-likeness (QED) is 0.656. The third-order valence-electron chi connectivity index (χ3n) is 3.46. The van der Waals surface area contributed by atoms with Crippen LogP contribution in [0.5, 0.6) is 11.5 Å². The minimum absolute atomic E-state index is 0.218. The first-order valence-electron chi connectivity index (χ1n) is 7.65. The van der Waals surface area contributed by atoms with Crippen LogP contribution in [-0.4, -0.2) is 46.4 Å². The lowest BCUT2D eigenvalue weighted by Crippen LogP contribution is -2.29. The Kier molecular flexibility index (Phi) is 5.20. The number of benzene rings is 2. The molecule has 128 valence electrons. The van der Waals surface area contributed by atoms with Crippen molar-refractivity contribution in [2.45, 2.75) is 0 Å². The highest BCUT2D eigenvalue weighted by atomic mass is 16.5. The monoisotopic (exact) mass is 339 g/mol. The van der Waals surface area contributed by atoms with Gasteiger partial charge in [0.15, 0.2) is 0 Å². The Morgan fingerprint density at radius 1 is 1.12 bits per heavy atom. The van der Waals surface area contributed by atoms with E-state index < -0.39 is 0 Å². The number of amides is 1. The van der Waals surface area contributed by atoms with Gasteiger partial charge in [-0.15, -0.1) is 5.10 Å². The Labute approximate surface area is 144 Å². The number of hydrogen-bond acceptors (Lipinski definition) is 6. The number of hydrogen-bond donors (Lipinski definition) is 1. The van der Waals surface area contributed by atoms with Crippen LogP contribution < -0.4 is 14.8 Å². The van der Waals surface area contributed by atoms with Crippen LogP contribution >= 0.6 is 0 Å². The fourth-order valence-electron chi connectivity index (χ4n) is 2.24. The van der Waals surface area contributed by atoms with Crippen molar-refractivity contribution in [3.63, 3.8) is 0 Å². The van der Waals surface area contributed by atoms with Crippen molar-refractivity contribution in [3.05, 3.63) is 60.4 Å². The number of para-hydroxylation sites is 1. The second-order valence-electron chi connectivity index (χ2n) is 5.05. The molecule has 0 aliphatic heterocycles. The summed E-state index contributed by atoms with van der Waals surface area (Å²) in [4.78, 5) is 12.4. The summed E-state index contributed by atoms with van der Waals surface area (Å²) in [6, 6.07) is 14.4. The van der Waals surface area contributed by atoms with Gasteiger partial charge in [-0.05, 0) is 46.8 Å². The number of rotatable bonds is 7. The van der Waals surface area contributed by atoms with Crippen molar-refractivity contribution < 1.29 is 14.3 Å². The minimum atomic E-state index is -0.218. The average Bonchev–Trinajstić information content (AvgIpc) is 3.20. The van der Waals surface area contributed by atoms with Crippen molar-refractivity contribution in [3.8, 4) is 17.2 Å². The van der Waals surface area contributed by atoms with E-state index in [9.17, 15) is 4.79 Å². The van der Waals surface area contributed by atoms with Crippen LogP contribution in [0.1, 0.15) is 10.4 Å². The van der Waals surface area contributed by atoms with Crippen LogP contribution in [0.25, 0.3) is 5.69 Å². The summed E-state index contributed by atoms with van der Waals surface area (Å²) in [5.41, 5.74) is 1.10. The number of ether oxygens (including phenoxy) is 2. The summed E-state index contributed by atoms with van der Waals surface area (Å²) in [7, 11) is 1.61. The first kappa shape index (κ1) is 16.4. The fourth-order valence-corrected chi connectivity index (χ4v) is 2.24. The largest absolute Gasteiger partial charge is 0.497 e. The van der Waals surface area contributed by atoms with Crippen LogP contribution in [0.2, 0.25) is 0 Å². The predicted molar refractivity (Wildman–Crippen MR) is 90.0 cm³/mol. The zero-order chi connectivity index (χ0) is 17.5. The van der Waals surface area contributed by atoms with E-state index in [4.69, 9.17) is 9.47 Å². The van der Waals surface area contributed by atoms with Gasteiger partial charge in [0.2, 0.25) is 0 Å². The van der Waals surface area contributed by atoms with Gasteiger partial charge in [-0.1, -0.05) is 12.1 Å². The van der Waals surface area contributed by atoms with Gasteiger partial charge in [0.05, 0.1) is 24.9 Å². The number of carbonyl (C=O) groups excluding carboxylic acids is 1. The Bertz CT molecular complexity index is 819. The van der Waals surface area contributed by atoms with E-state index in [0.717, 1.165) is 5.75 Å². The standard InChI is InChI=1S/C17H17N5O3/c1-24-13-6-8-14(9-7-13)25-11-10-18-17(23)15-4-2-3-5-16(15)22-12-19-20-21-22/h2-9,12H,10-11H2,1H3,(H,18,23). The Balaban J connectivity index is 1.54. The van der Waals surface area contributed by atoms with Gasteiger partial charge in [0, 0.05) is 0 Å². The van der Waals surface area contributed by atoms with Gasteiger partial charge >= 0.3 is 0 Å². The molecule has 2 aromatic carbocycles. The summed E-state index contributed by atoms with van der Waals surface area (Å²) < 4.78 is 12.1. The molecule has 0 bridgehead atoms. The lowest BCUT2D eigenvalue weighted by molar-refractivity contribution is 0.0947. The molecule has 0 aliphatic carbocycles. The molecule has 0 saturated heterocycles. The zero-order valence-electron chi connectivity index (χ0n) is 13.6. The molecule has 8 nitrogen and oxygen atoms in total. The lowest BCUT2D eigenvalue weighted by Gasteiger charge is -2.10. The van der Waals surface area contributed by atoms with Crippen molar-refractivity contribution in [2.75, 3.05) is 20.3 Å². The highest BCUT2D eigenvalue weighted by Gasteiger charge is 2.12. The maximum absolute atomic E-state index is 12.4. The first-order chi connectivity index (χ1) is 12.3. The van der Waals surface area contributed by atoms with Crippen molar-refractivity contribution in [1.82, 2.24) is 25.5 Å². The van der Waals surface area contributed by atoms with E-state index in [0.29, 0.717) is 30.2 Å². The summed E-state index contributed by atoms with van der Waals surface area (Å²) in [5.74, 6) is 1.26. The Morgan fingerprint density at radius 2 is 1.88 bits per heavy atom. The van der Waals surface area contributed by atoms with Gasteiger partial charge in [0.1, 0.15) is 24.4 Å². The van der Waals surface area contributed by atoms with Crippen LogP contribution in [0.15, 0.2) is 54.9 Å². The fraction of sp³-hybridized carbons (Fsp3) is 0.176. The number of aromatic nitrogens is 4. The molecule has 0 atom stereocenters. The third kappa shape index (κ3) is 4.11. The van der Waals surface area contributed by atoms with Crippen LogP contribution in [-0.2, 0) is 0 Å². The van der Waals surface area contributed by atoms with Gasteiger partial charge in [-0.25, -0.2) is 0 Å². The number of nitrogens with zero attached hydrogens (tertiary/aromatic N) is 4. The normalized spacial score (nSPS) is 10.3. The molecule has 0 saturated carbocycles. The topological polar surface area (TPSA) is 91.2 Å². The minimum Gasteiger partial charge on any atom is -0.497 e. The summed E-state index contributed by atoms with van der Waals surface area (Å²) in [6.07, 6.45) is 1.44. The number of carbonyl (C=O) groups is 1. The molecule has 25 heavy (non-hydrogen) atoms. The van der Waals surface area contributed by atoms with E-state index in [-0.39, 0.29) is 5.91 Å². The van der Waals surface area contributed by atoms with Gasteiger partial charge in [-0.2, -0.15) is 4.68 Å². The van der Waals surface area contributed by atoms with Gasteiger partial charge in [0.25, 0.3) is 5.91 Å². The van der Waals surface area contributed by atoms with Crippen LogP contribution in [0.3, 0.4) is 0 Å². The van der Waals surface area contributed by atoms with Crippen LogP contribution in [0, 0.1) is 0 Å². The van der Waals surface area contributed by atoms with E-state index in [1.807, 2.05) is 30.3 Å². The van der Waals surface area contributed by atoms with Crippen molar-refractivity contribution >= 4 is 5.91 Å². The summed E-state index contributed by atoms with van der Waals surface area (Å²) >= 11 is 0. The Morgan fingerprint density at radius 3 is 2.60 bits per heavy atom. The number of methoxy groups -OCH3 is 1. The van der Waals surface area contributed by atoms with E-state index in [2.05, 4.69) is 20.8 Å². The third-order valence-corrected chi connectivity index (χ3v) is 3.46. The molecule has 0 radical (unpaired) electrons. The molecule has 1 aromatic heterocycles. The predicted octanol–water partition coefficient (Wildman–Crippen LogP) is 1.48. The molecule has 1 heterocycles. The summed E-state index contributed by atoms with van der Waals surface area (Å²) in [5, 5.41) is 13.8. The van der Waals surface area contributed by atoms with E-state index >= 15 is 0 Å². The van der Waals surface area contributed by atoms with Crippen molar-refractivity contribution in [2.24, 2.45) is 0 Å². The number of tetrazole rings is 1. The zero-order valence-corrected chi connectivity index (χ0v) is 13.6. The summed E-state index contributed by atoms with van der Waals surface area (Å²) in [6.45, 7) is 0.722. The second kappa shape index (κ2) is 7.91. The smallest absolute Gasteiger partial charge is 0.253 e. The molecular formula is C17H17N5O3. The Hall–Kier alpha value is -3.42. The van der Waals surface area contributed by atoms with Crippen molar-refractivity contribution in [1.29, 1.82) is 0 Å². The second-order valence-corrected chi connectivity index (χ2v) is 5.05. The maximum Gasteiger partial charge on any atom is 0.253 e. The highest BCUT2D eigenvalue weighted by Crippen LogP contribution is 2.16. The van der Waals surface area contributed by atoms with E-state index in [1.165, 1.54) is 11.0 Å². The highest BCUT2D eigenvalue weighted by molar-refractivity contribution is 5.97. The molecule has 3 rings (SSSR count). The van der Waals surface area contributed by atoms with E-state index in [1.54, 1.807) is 25.3 Å². The SMILES string of the molecule is COc1ccc(OCCNC(=O)c2ccccc2-n2cnnn2)cc1.